The van der Waals surface area contributed by atoms with Crippen molar-refractivity contribution in [2.75, 3.05) is 6.61 Å². The second kappa shape index (κ2) is 6.91. The summed E-state index contributed by atoms with van der Waals surface area (Å²) in [4.78, 5) is 0. The highest BCUT2D eigenvalue weighted by molar-refractivity contribution is 6.30. The predicted octanol–water partition coefficient (Wildman–Crippen LogP) is 2.77. The zero-order valence-electron chi connectivity index (χ0n) is 10.2. The third-order valence-corrected chi connectivity index (χ3v) is 2.94. The van der Waals surface area contributed by atoms with Gasteiger partial charge in [0.05, 0.1) is 37.1 Å². The highest BCUT2D eigenvalue weighted by Crippen LogP contribution is 2.10. The molecular formula is C13H14Cl2N2O2. The third-order valence-electron chi connectivity index (χ3n) is 2.49. The first kappa shape index (κ1) is 14.3. The van der Waals surface area contributed by atoms with Crippen molar-refractivity contribution in [3.8, 4) is 0 Å². The van der Waals surface area contributed by atoms with Crippen molar-refractivity contribution in [2.24, 2.45) is 0 Å². The van der Waals surface area contributed by atoms with Crippen LogP contribution in [0.3, 0.4) is 0 Å². The fourth-order valence-corrected chi connectivity index (χ4v) is 1.88. The maximum absolute atomic E-state index is 9.78. The zero-order valence-corrected chi connectivity index (χ0v) is 11.7. The molecule has 0 radical (unpaired) electrons. The molecule has 1 atom stereocenters. The molecule has 0 aliphatic rings. The summed E-state index contributed by atoms with van der Waals surface area (Å²) in [5, 5.41) is 15.0. The van der Waals surface area contributed by atoms with Crippen LogP contribution in [0, 0.1) is 0 Å². The van der Waals surface area contributed by atoms with Gasteiger partial charge >= 0.3 is 0 Å². The Hall–Kier alpha value is -1.07. The van der Waals surface area contributed by atoms with Crippen molar-refractivity contribution in [3.05, 3.63) is 52.3 Å². The topological polar surface area (TPSA) is 47.3 Å². The van der Waals surface area contributed by atoms with Crippen LogP contribution in [0.2, 0.25) is 10.0 Å². The van der Waals surface area contributed by atoms with Gasteiger partial charge < -0.3 is 9.84 Å². The summed E-state index contributed by atoms with van der Waals surface area (Å²) in [5.41, 5.74) is 1.01. The van der Waals surface area contributed by atoms with Gasteiger partial charge in [-0.15, -0.1) is 0 Å². The van der Waals surface area contributed by atoms with E-state index in [1.807, 2.05) is 24.3 Å². The lowest BCUT2D eigenvalue weighted by molar-refractivity contribution is 0.0187. The van der Waals surface area contributed by atoms with E-state index in [9.17, 15) is 5.11 Å². The number of aliphatic hydroxyl groups excluding tert-OH is 1. The van der Waals surface area contributed by atoms with Crippen LogP contribution in [0.15, 0.2) is 36.7 Å². The molecule has 6 heteroatoms. The summed E-state index contributed by atoms with van der Waals surface area (Å²) in [6.07, 6.45) is 2.57. The van der Waals surface area contributed by atoms with Crippen LogP contribution in [0.4, 0.5) is 0 Å². The number of hydrogen-bond acceptors (Lipinski definition) is 3. The van der Waals surface area contributed by atoms with Crippen molar-refractivity contribution in [3.63, 3.8) is 0 Å². The normalized spacial score (nSPS) is 12.6. The Morgan fingerprint density at radius 3 is 2.58 bits per heavy atom. The minimum atomic E-state index is -0.622. The number of hydrogen-bond donors (Lipinski definition) is 1. The molecule has 0 saturated carbocycles. The molecule has 2 rings (SSSR count). The van der Waals surface area contributed by atoms with Crippen LogP contribution < -0.4 is 0 Å². The molecule has 1 N–H and O–H groups in total. The first-order valence-electron chi connectivity index (χ1n) is 5.81. The first-order chi connectivity index (χ1) is 9.13. The zero-order chi connectivity index (χ0) is 13.7. The molecule has 0 aliphatic heterocycles. The van der Waals surface area contributed by atoms with Crippen LogP contribution in [-0.2, 0) is 17.9 Å². The van der Waals surface area contributed by atoms with E-state index in [0.717, 1.165) is 5.56 Å². The first-order valence-corrected chi connectivity index (χ1v) is 6.57. The molecule has 1 heterocycles. The van der Waals surface area contributed by atoms with Gasteiger partial charge in [0.1, 0.15) is 0 Å². The van der Waals surface area contributed by atoms with Crippen molar-refractivity contribution in [1.82, 2.24) is 9.78 Å². The quantitative estimate of drug-likeness (QED) is 0.892. The van der Waals surface area contributed by atoms with Gasteiger partial charge in [-0.05, 0) is 17.7 Å². The average Bonchev–Trinajstić information content (AvgIpc) is 2.77. The molecule has 0 saturated heterocycles. The number of ether oxygens (including phenoxy) is 1. The number of rotatable bonds is 6. The molecule has 1 aromatic heterocycles. The van der Waals surface area contributed by atoms with Crippen LogP contribution >= 0.6 is 23.2 Å². The van der Waals surface area contributed by atoms with Gasteiger partial charge in [0, 0.05) is 11.2 Å². The number of halogens is 2. The number of nitrogens with zero attached hydrogens (tertiary/aromatic N) is 2. The Balaban J connectivity index is 1.71. The number of aromatic nitrogens is 2. The highest BCUT2D eigenvalue weighted by Gasteiger charge is 2.06. The van der Waals surface area contributed by atoms with E-state index in [1.165, 1.54) is 6.20 Å². The second-order valence-corrected chi connectivity index (χ2v) is 5.05. The molecule has 4 nitrogen and oxygen atoms in total. The van der Waals surface area contributed by atoms with Crippen LogP contribution in [0.5, 0.6) is 0 Å². The van der Waals surface area contributed by atoms with Crippen LogP contribution in [-0.4, -0.2) is 27.6 Å². The lowest BCUT2D eigenvalue weighted by atomic mass is 10.2. The lowest BCUT2D eigenvalue weighted by Crippen LogP contribution is -2.22. The van der Waals surface area contributed by atoms with Gasteiger partial charge in [-0.3, -0.25) is 4.68 Å². The predicted molar refractivity (Wildman–Crippen MR) is 74.4 cm³/mol. The smallest absolute Gasteiger partial charge is 0.0969 e. The summed E-state index contributed by atoms with van der Waals surface area (Å²) in [6, 6.07) is 7.40. The van der Waals surface area contributed by atoms with Gasteiger partial charge in [-0.2, -0.15) is 5.10 Å². The molecule has 19 heavy (non-hydrogen) atoms. The van der Waals surface area contributed by atoms with Crippen molar-refractivity contribution < 1.29 is 9.84 Å². The summed E-state index contributed by atoms with van der Waals surface area (Å²) < 4.78 is 7.02. The molecule has 102 valence electrons. The number of benzene rings is 1. The molecule has 0 spiro atoms. The maximum Gasteiger partial charge on any atom is 0.0969 e. The Morgan fingerprint density at radius 1 is 1.21 bits per heavy atom. The Kier molecular flexibility index (Phi) is 5.22. The monoisotopic (exact) mass is 300 g/mol. The molecule has 0 bridgehead atoms. The van der Waals surface area contributed by atoms with Gasteiger partial charge in [0.15, 0.2) is 0 Å². The fourth-order valence-electron chi connectivity index (χ4n) is 1.60. The van der Waals surface area contributed by atoms with Gasteiger partial charge in [0.25, 0.3) is 0 Å². The summed E-state index contributed by atoms with van der Waals surface area (Å²) in [7, 11) is 0. The average molecular weight is 301 g/mol. The summed E-state index contributed by atoms with van der Waals surface area (Å²) in [5.74, 6) is 0. The van der Waals surface area contributed by atoms with Crippen molar-refractivity contribution in [1.29, 1.82) is 0 Å². The van der Waals surface area contributed by atoms with Gasteiger partial charge in [0.2, 0.25) is 0 Å². The standard InChI is InChI=1S/C13H14Cl2N2O2/c14-11-3-1-10(2-4-11)8-19-9-13(18)7-17-6-12(15)5-16-17/h1-6,13,18H,7-9H2. The van der Waals surface area contributed by atoms with E-state index in [0.29, 0.717) is 23.2 Å². The van der Waals surface area contributed by atoms with E-state index in [2.05, 4.69) is 5.10 Å². The second-order valence-electron chi connectivity index (χ2n) is 4.18. The minimum absolute atomic E-state index is 0.236. The summed E-state index contributed by atoms with van der Waals surface area (Å²) >= 11 is 11.5. The molecule has 0 aliphatic carbocycles. The largest absolute Gasteiger partial charge is 0.389 e. The molecule has 0 amide bonds. The van der Waals surface area contributed by atoms with Gasteiger partial charge in [-0.25, -0.2) is 0 Å². The Morgan fingerprint density at radius 2 is 1.95 bits per heavy atom. The van der Waals surface area contributed by atoms with E-state index >= 15 is 0 Å². The molecular weight excluding hydrogens is 287 g/mol. The molecule has 1 aromatic carbocycles. The van der Waals surface area contributed by atoms with E-state index < -0.39 is 6.10 Å². The third kappa shape index (κ3) is 4.84. The Labute approximate surface area is 121 Å². The van der Waals surface area contributed by atoms with E-state index in [-0.39, 0.29) is 6.61 Å². The van der Waals surface area contributed by atoms with E-state index in [4.69, 9.17) is 27.9 Å². The Bertz CT molecular complexity index is 514. The SMILES string of the molecule is OC(COCc1ccc(Cl)cc1)Cn1cc(Cl)cn1. The van der Waals surface area contributed by atoms with Gasteiger partial charge in [-0.1, -0.05) is 35.3 Å². The van der Waals surface area contributed by atoms with E-state index in [1.54, 1.807) is 10.9 Å². The number of aliphatic hydroxyl groups is 1. The lowest BCUT2D eigenvalue weighted by Gasteiger charge is -2.11. The highest BCUT2D eigenvalue weighted by atomic mass is 35.5. The van der Waals surface area contributed by atoms with Crippen molar-refractivity contribution >= 4 is 23.2 Å². The molecule has 1 unspecified atom stereocenters. The van der Waals surface area contributed by atoms with Crippen molar-refractivity contribution in [2.45, 2.75) is 19.3 Å². The molecule has 0 fully saturated rings. The summed E-state index contributed by atoms with van der Waals surface area (Å²) in [6.45, 7) is 1.03. The van der Waals surface area contributed by atoms with Crippen LogP contribution in [0.1, 0.15) is 5.56 Å². The minimum Gasteiger partial charge on any atom is -0.389 e. The molecule has 2 aromatic rings. The maximum atomic E-state index is 9.78. The van der Waals surface area contributed by atoms with Crippen LogP contribution in [0.25, 0.3) is 0 Å². The fraction of sp³-hybridized carbons (Fsp3) is 0.308.